The van der Waals surface area contributed by atoms with Crippen LogP contribution in [0.3, 0.4) is 0 Å². The second-order valence-corrected chi connectivity index (χ2v) is 21.4. The van der Waals surface area contributed by atoms with Crippen LogP contribution in [0.15, 0.2) is 0 Å². The van der Waals surface area contributed by atoms with Gasteiger partial charge in [0.15, 0.2) is 24.7 Å². The Morgan fingerprint density at radius 1 is 0.730 bits per heavy atom. The third kappa shape index (κ3) is 8.40. The molecule has 6 unspecified atom stereocenters. The van der Waals surface area contributed by atoms with Gasteiger partial charge in [-0.25, -0.2) is 0 Å². The van der Waals surface area contributed by atoms with Gasteiger partial charge in [0.1, 0.15) is 66.8 Å². The Bertz CT molecular complexity index is 1610. The predicted molar refractivity (Wildman–Crippen MR) is 217 cm³/mol. The predicted octanol–water partition coefficient (Wildman–Crippen LogP) is -0.545. The summed E-state index contributed by atoms with van der Waals surface area (Å²) in [7, 11) is 0. The molecule has 4 saturated heterocycles. The average Bonchev–Trinajstić information content (AvgIpc) is 3.68. The SMILES string of the molecule is CC1C2C(CC3C4C[C@H](O[C@H]5O[C@H](C)[C@H](O)[C@H](O[C@@H]6O[C@@H](C)[C@H](O)[C@@H](O)[C@H]6O)[C@H]5O)[C@H]5CC(=O)CC[C@]5(C)C4CC[C@@]32C)O[C@]1(O)CC[C@H](C)CO[C@@H]1O[C@H](CO)[C@H](O)[C@H](O)[C@H]1O. The number of hydrogen-bond donors (Lipinski definition) is 10. The molecular formula is C45H74O18. The molecule has 10 N–H and O–H groups in total. The maximum Gasteiger partial charge on any atom is 0.187 e. The van der Waals surface area contributed by atoms with E-state index in [0.717, 1.165) is 25.7 Å². The lowest BCUT2D eigenvalue weighted by atomic mass is 9.43. The number of aliphatic hydroxyl groups is 10. The zero-order valence-electron chi connectivity index (χ0n) is 37.4. The molecule has 27 atom stereocenters. The van der Waals surface area contributed by atoms with Gasteiger partial charge in [-0.1, -0.05) is 27.7 Å². The summed E-state index contributed by atoms with van der Waals surface area (Å²) < 4.78 is 42.6. The van der Waals surface area contributed by atoms with Gasteiger partial charge in [0.25, 0.3) is 0 Å². The first-order valence-electron chi connectivity index (χ1n) is 23.5. The fourth-order valence-electron chi connectivity index (χ4n) is 13.9. The van der Waals surface area contributed by atoms with Gasteiger partial charge in [-0.15, -0.1) is 0 Å². The van der Waals surface area contributed by atoms with Crippen molar-refractivity contribution in [2.24, 2.45) is 52.3 Å². The summed E-state index contributed by atoms with van der Waals surface area (Å²) in [6.45, 7) is 11.4. The fraction of sp³-hybridized carbons (Fsp3) is 0.978. The Balaban J connectivity index is 0.946. The maximum atomic E-state index is 13.2. The van der Waals surface area contributed by atoms with Crippen LogP contribution in [0.4, 0.5) is 0 Å². The van der Waals surface area contributed by atoms with E-state index >= 15 is 0 Å². The van der Waals surface area contributed by atoms with Crippen molar-refractivity contribution in [3.63, 3.8) is 0 Å². The highest BCUT2D eigenvalue weighted by atomic mass is 16.7. The Morgan fingerprint density at radius 3 is 2.08 bits per heavy atom. The molecule has 0 amide bonds. The van der Waals surface area contributed by atoms with Crippen LogP contribution in [0.1, 0.15) is 99.3 Å². The number of carbonyl (C=O) groups excluding carboxylic acids is 1. The molecule has 8 fully saturated rings. The standard InChI is InChI=1S/C45H74O18/c1-18(17-57-40-36(53)35(52)33(50)29(16-46)61-40)7-12-45(56)19(2)30-28(63-45)15-25-23-14-27(26-13-22(47)8-10-43(26,5)24(23)9-11-44(25,30)6)60-42-38(55)39(32(49)21(4)59-42)62-41-37(54)34(51)31(48)20(3)58-41/h18-21,23-42,46,48-56H,7-17H2,1-6H3/t18-,19?,20-,21+,23?,24?,25?,26+,27-,28?,29+,30?,31-,32-,33-,34+,35-,36+,37+,38+,39-,40+,41-,42+,43+,44-,45+/m0/s1. The van der Waals surface area contributed by atoms with Gasteiger partial charge >= 0.3 is 0 Å². The number of carbonyl (C=O) groups is 1. The van der Waals surface area contributed by atoms with Crippen LogP contribution in [0.2, 0.25) is 0 Å². The normalized spacial score (nSPS) is 56.3. The molecule has 63 heavy (non-hydrogen) atoms. The highest BCUT2D eigenvalue weighted by Gasteiger charge is 2.69. The lowest BCUT2D eigenvalue weighted by Crippen LogP contribution is -2.64. The van der Waals surface area contributed by atoms with Gasteiger partial charge in [0.2, 0.25) is 0 Å². The zero-order valence-corrected chi connectivity index (χ0v) is 37.4. The molecule has 4 heterocycles. The molecule has 8 aliphatic rings. The first-order valence-corrected chi connectivity index (χ1v) is 23.5. The van der Waals surface area contributed by atoms with Gasteiger partial charge in [-0.05, 0) is 98.7 Å². The first-order chi connectivity index (χ1) is 29.6. The first kappa shape index (κ1) is 48.4. The summed E-state index contributed by atoms with van der Waals surface area (Å²) in [5.74, 6) is -0.816. The average molecular weight is 903 g/mol. The van der Waals surface area contributed by atoms with Crippen LogP contribution < -0.4 is 0 Å². The van der Waals surface area contributed by atoms with Gasteiger partial charge in [0.05, 0.1) is 37.6 Å². The minimum Gasteiger partial charge on any atom is -0.394 e. The van der Waals surface area contributed by atoms with E-state index < -0.39 is 111 Å². The van der Waals surface area contributed by atoms with Crippen molar-refractivity contribution in [2.45, 2.75) is 209 Å². The van der Waals surface area contributed by atoms with Gasteiger partial charge in [-0.2, -0.15) is 0 Å². The van der Waals surface area contributed by atoms with Crippen LogP contribution in [0, 0.1) is 52.3 Å². The van der Waals surface area contributed by atoms with Crippen LogP contribution in [0.25, 0.3) is 0 Å². The molecule has 0 aromatic heterocycles. The van der Waals surface area contributed by atoms with Crippen molar-refractivity contribution < 1.29 is 89.0 Å². The molecule has 8 rings (SSSR count). The Kier molecular flexibility index (Phi) is 14.0. The van der Waals surface area contributed by atoms with Crippen molar-refractivity contribution in [3.8, 4) is 0 Å². The monoisotopic (exact) mass is 902 g/mol. The summed E-state index contributed by atoms with van der Waals surface area (Å²) in [6.07, 6.45) is -15.0. The summed E-state index contributed by atoms with van der Waals surface area (Å²) >= 11 is 0. The van der Waals surface area contributed by atoms with Gasteiger partial charge in [0, 0.05) is 25.2 Å². The van der Waals surface area contributed by atoms with Crippen molar-refractivity contribution in [1.29, 1.82) is 0 Å². The lowest BCUT2D eigenvalue weighted by molar-refractivity contribution is -0.362. The molecule has 0 radical (unpaired) electrons. The smallest absolute Gasteiger partial charge is 0.187 e. The molecule has 4 aliphatic carbocycles. The summed E-state index contributed by atoms with van der Waals surface area (Å²) in [5.41, 5.74) is -0.407. The molecule has 0 bridgehead atoms. The van der Waals surface area contributed by atoms with Crippen molar-refractivity contribution in [3.05, 3.63) is 0 Å². The van der Waals surface area contributed by atoms with E-state index in [2.05, 4.69) is 20.8 Å². The second-order valence-electron chi connectivity index (χ2n) is 21.4. The topological polar surface area (TPSA) is 284 Å². The van der Waals surface area contributed by atoms with Crippen molar-refractivity contribution in [1.82, 2.24) is 0 Å². The van der Waals surface area contributed by atoms with E-state index in [1.807, 2.05) is 6.92 Å². The van der Waals surface area contributed by atoms with E-state index in [4.69, 9.17) is 33.2 Å². The summed E-state index contributed by atoms with van der Waals surface area (Å²) in [4.78, 5) is 13.2. The highest BCUT2D eigenvalue weighted by Crippen LogP contribution is 2.71. The lowest BCUT2D eigenvalue weighted by Gasteiger charge is -2.62. The minimum absolute atomic E-state index is 0.0791. The fourth-order valence-corrected chi connectivity index (χ4v) is 13.9. The molecule has 0 spiro atoms. The number of aliphatic hydroxyl groups excluding tert-OH is 9. The molecule has 18 heteroatoms. The third-order valence-corrected chi connectivity index (χ3v) is 17.7. The van der Waals surface area contributed by atoms with E-state index in [9.17, 15) is 55.9 Å². The Morgan fingerprint density at radius 2 is 1.38 bits per heavy atom. The second kappa shape index (κ2) is 18.1. The van der Waals surface area contributed by atoms with E-state index in [0.29, 0.717) is 38.0 Å². The van der Waals surface area contributed by atoms with Crippen molar-refractivity contribution in [2.75, 3.05) is 13.2 Å². The molecule has 0 aromatic rings. The number of ether oxygens (including phenoxy) is 7. The molecule has 0 aromatic carbocycles. The van der Waals surface area contributed by atoms with Crippen LogP contribution >= 0.6 is 0 Å². The third-order valence-electron chi connectivity index (χ3n) is 17.7. The van der Waals surface area contributed by atoms with Gasteiger partial charge in [-0.3, -0.25) is 4.79 Å². The minimum atomic E-state index is -1.65. The summed E-state index contributed by atoms with van der Waals surface area (Å²) in [6, 6.07) is 0. The summed E-state index contributed by atoms with van der Waals surface area (Å²) in [5, 5.41) is 107. The Labute approximate surface area is 369 Å². The number of rotatable bonds is 11. The zero-order chi connectivity index (χ0) is 45.7. The largest absolute Gasteiger partial charge is 0.394 e. The van der Waals surface area contributed by atoms with Crippen LogP contribution in [-0.2, 0) is 38.0 Å². The number of hydrogen-bond acceptors (Lipinski definition) is 18. The number of Topliss-reactive ketones (excluding diaryl/α,β-unsaturated/α-hetero) is 1. The Hall–Kier alpha value is -1.01. The number of fused-ring (bicyclic) bond motifs is 7. The van der Waals surface area contributed by atoms with E-state index in [1.165, 1.54) is 6.92 Å². The number of ketones is 1. The van der Waals surface area contributed by atoms with Crippen molar-refractivity contribution >= 4 is 5.78 Å². The van der Waals surface area contributed by atoms with E-state index in [1.54, 1.807) is 6.92 Å². The van der Waals surface area contributed by atoms with Gasteiger partial charge < -0.3 is 84.2 Å². The molecule has 18 nitrogen and oxygen atoms in total. The molecule has 4 aliphatic heterocycles. The maximum absolute atomic E-state index is 13.2. The highest BCUT2D eigenvalue weighted by molar-refractivity contribution is 5.79. The molecular weight excluding hydrogens is 828 g/mol. The van der Waals surface area contributed by atoms with Crippen LogP contribution in [0.5, 0.6) is 0 Å². The molecule has 362 valence electrons. The van der Waals surface area contributed by atoms with E-state index in [-0.39, 0.29) is 64.8 Å². The quantitative estimate of drug-likeness (QED) is 0.117. The molecule has 4 saturated carbocycles. The van der Waals surface area contributed by atoms with Crippen LogP contribution in [-0.4, -0.2) is 180 Å².